The first kappa shape index (κ1) is 12.7. The van der Waals surface area contributed by atoms with Gasteiger partial charge in [0, 0.05) is 13.1 Å². The predicted molar refractivity (Wildman–Crippen MR) is 74.0 cm³/mol. The van der Waals surface area contributed by atoms with Gasteiger partial charge in [-0.05, 0) is 24.5 Å². The Balaban J connectivity index is 1.62. The van der Waals surface area contributed by atoms with Crippen molar-refractivity contribution in [1.82, 2.24) is 10.6 Å². The van der Waals surface area contributed by atoms with Gasteiger partial charge in [0.05, 0.1) is 6.54 Å². The molecule has 0 aliphatic heterocycles. The quantitative estimate of drug-likeness (QED) is 0.472. The lowest BCUT2D eigenvalue weighted by atomic mass is 10.3. The van der Waals surface area contributed by atoms with Crippen LogP contribution in [0.1, 0.15) is 13.3 Å². The fraction of sp³-hybridized carbons (Fsp3) is 0.500. The summed E-state index contributed by atoms with van der Waals surface area (Å²) in [6, 6.07) is 10.4. The number of benzene rings is 1. The number of para-hydroxylation sites is 1. The summed E-state index contributed by atoms with van der Waals surface area (Å²) >= 11 is 0. The molecule has 0 saturated heterocycles. The lowest BCUT2D eigenvalue weighted by Gasteiger charge is -2.12. The van der Waals surface area contributed by atoms with Crippen molar-refractivity contribution < 1.29 is 4.74 Å². The van der Waals surface area contributed by atoms with Crippen LogP contribution in [-0.2, 0) is 0 Å². The van der Waals surface area contributed by atoms with E-state index in [-0.39, 0.29) is 0 Å². The monoisotopic (exact) mass is 247 g/mol. The van der Waals surface area contributed by atoms with Gasteiger partial charge >= 0.3 is 0 Å². The minimum atomic E-state index is 0.589. The van der Waals surface area contributed by atoms with Crippen LogP contribution in [0.25, 0.3) is 0 Å². The van der Waals surface area contributed by atoms with E-state index in [2.05, 4.69) is 22.5 Å². The van der Waals surface area contributed by atoms with Crippen LogP contribution in [-0.4, -0.2) is 32.2 Å². The van der Waals surface area contributed by atoms with Crippen molar-refractivity contribution >= 4 is 5.96 Å². The number of nitrogens with one attached hydrogen (secondary N) is 2. The first-order chi connectivity index (χ1) is 8.79. The summed E-state index contributed by atoms with van der Waals surface area (Å²) < 4.78 is 5.60. The minimum Gasteiger partial charge on any atom is -0.492 e. The molecular formula is C14H21N3O. The lowest BCUT2D eigenvalue weighted by molar-refractivity contribution is 0.322. The van der Waals surface area contributed by atoms with E-state index in [9.17, 15) is 0 Å². The zero-order chi connectivity index (χ0) is 12.8. The molecule has 2 unspecified atom stereocenters. The normalized spacial score (nSPS) is 22.4. The van der Waals surface area contributed by atoms with E-state index in [1.54, 1.807) is 7.05 Å². The third kappa shape index (κ3) is 3.95. The van der Waals surface area contributed by atoms with E-state index in [0.29, 0.717) is 12.6 Å². The summed E-state index contributed by atoms with van der Waals surface area (Å²) in [6.45, 7) is 3.62. The number of aliphatic imine (C=N–C) groups is 1. The van der Waals surface area contributed by atoms with Gasteiger partial charge in [-0.15, -0.1) is 0 Å². The van der Waals surface area contributed by atoms with Crippen molar-refractivity contribution in [2.24, 2.45) is 10.9 Å². The maximum absolute atomic E-state index is 5.60. The van der Waals surface area contributed by atoms with Crippen molar-refractivity contribution in [1.29, 1.82) is 0 Å². The van der Waals surface area contributed by atoms with Crippen LogP contribution >= 0.6 is 0 Å². The van der Waals surface area contributed by atoms with Crippen molar-refractivity contribution in [3.8, 4) is 5.75 Å². The summed E-state index contributed by atoms with van der Waals surface area (Å²) in [4.78, 5) is 4.19. The molecule has 1 aliphatic carbocycles. The van der Waals surface area contributed by atoms with Gasteiger partial charge in [0.2, 0.25) is 0 Å². The highest BCUT2D eigenvalue weighted by Crippen LogP contribution is 2.28. The number of hydrogen-bond donors (Lipinski definition) is 2. The number of guanidine groups is 1. The molecule has 0 radical (unpaired) electrons. The smallest absolute Gasteiger partial charge is 0.191 e. The van der Waals surface area contributed by atoms with Crippen molar-refractivity contribution in [3.63, 3.8) is 0 Å². The van der Waals surface area contributed by atoms with E-state index in [1.165, 1.54) is 6.42 Å². The highest BCUT2D eigenvalue weighted by Gasteiger charge is 2.33. The van der Waals surface area contributed by atoms with Gasteiger partial charge < -0.3 is 15.4 Å². The Bertz CT molecular complexity index is 391. The van der Waals surface area contributed by atoms with Crippen molar-refractivity contribution in [2.75, 3.05) is 20.2 Å². The second-order valence-electron chi connectivity index (χ2n) is 4.62. The minimum absolute atomic E-state index is 0.589. The molecule has 1 fully saturated rings. The average Bonchev–Trinajstić information content (AvgIpc) is 3.10. The van der Waals surface area contributed by atoms with Gasteiger partial charge in [-0.1, -0.05) is 25.1 Å². The Kier molecular flexibility index (Phi) is 4.45. The third-order valence-corrected chi connectivity index (χ3v) is 3.06. The molecule has 4 nitrogen and oxygen atoms in total. The molecule has 1 aromatic rings. The van der Waals surface area contributed by atoms with E-state index >= 15 is 0 Å². The van der Waals surface area contributed by atoms with E-state index in [1.807, 2.05) is 30.3 Å². The molecule has 1 saturated carbocycles. The van der Waals surface area contributed by atoms with Crippen LogP contribution in [0.2, 0.25) is 0 Å². The summed E-state index contributed by atoms with van der Waals surface area (Å²) in [5.74, 6) is 2.53. The van der Waals surface area contributed by atoms with E-state index in [0.717, 1.165) is 24.2 Å². The fourth-order valence-electron chi connectivity index (χ4n) is 1.75. The molecule has 98 valence electrons. The van der Waals surface area contributed by atoms with Gasteiger partial charge in [-0.25, -0.2) is 0 Å². The van der Waals surface area contributed by atoms with Crippen LogP contribution in [0, 0.1) is 5.92 Å². The summed E-state index contributed by atoms with van der Waals surface area (Å²) in [5.41, 5.74) is 0. The highest BCUT2D eigenvalue weighted by atomic mass is 16.5. The maximum atomic E-state index is 5.60. The van der Waals surface area contributed by atoms with Gasteiger partial charge in [-0.3, -0.25) is 4.99 Å². The van der Waals surface area contributed by atoms with Crippen LogP contribution in [0.4, 0.5) is 0 Å². The molecule has 1 aromatic carbocycles. The van der Waals surface area contributed by atoms with Crippen molar-refractivity contribution in [2.45, 2.75) is 19.4 Å². The molecule has 1 aliphatic rings. The fourth-order valence-corrected chi connectivity index (χ4v) is 1.75. The number of ether oxygens (including phenoxy) is 1. The Morgan fingerprint density at radius 3 is 2.72 bits per heavy atom. The van der Waals surface area contributed by atoms with Gasteiger partial charge in [0.25, 0.3) is 0 Å². The molecular weight excluding hydrogens is 226 g/mol. The number of nitrogens with zero attached hydrogens (tertiary/aromatic N) is 1. The van der Waals surface area contributed by atoms with Crippen LogP contribution in [0.5, 0.6) is 5.75 Å². The molecule has 0 amide bonds. The Labute approximate surface area is 108 Å². The number of rotatable bonds is 5. The number of hydrogen-bond acceptors (Lipinski definition) is 2. The topological polar surface area (TPSA) is 45.7 Å². The van der Waals surface area contributed by atoms with Gasteiger partial charge in [0.1, 0.15) is 12.4 Å². The Morgan fingerprint density at radius 2 is 2.11 bits per heavy atom. The van der Waals surface area contributed by atoms with Crippen molar-refractivity contribution in [3.05, 3.63) is 30.3 Å². The third-order valence-electron chi connectivity index (χ3n) is 3.06. The first-order valence-corrected chi connectivity index (χ1v) is 6.44. The summed E-state index contributed by atoms with van der Waals surface area (Å²) in [6.07, 6.45) is 1.24. The van der Waals surface area contributed by atoms with Crippen LogP contribution < -0.4 is 15.4 Å². The van der Waals surface area contributed by atoms with E-state index < -0.39 is 0 Å². The van der Waals surface area contributed by atoms with Gasteiger partial charge in [-0.2, -0.15) is 0 Å². The Morgan fingerprint density at radius 1 is 1.39 bits per heavy atom. The molecule has 2 N–H and O–H groups in total. The Hall–Kier alpha value is -1.71. The van der Waals surface area contributed by atoms with Crippen LogP contribution in [0.15, 0.2) is 35.3 Å². The zero-order valence-corrected chi connectivity index (χ0v) is 11.0. The van der Waals surface area contributed by atoms with Gasteiger partial charge in [0.15, 0.2) is 5.96 Å². The SMILES string of the molecule is CN=C(NCCOc1ccccc1)NC1CC1C. The van der Waals surface area contributed by atoms with Crippen LogP contribution in [0.3, 0.4) is 0 Å². The summed E-state index contributed by atoms with van der Waals surface area (Å²) in [7, 11) is 1.79. The van der Waals surface area contributed by atoms with E-state index in [4.69, 9.17) is 4.74 Å². The lowest BCUT2D eigenvalue weighted by Crippen LogP contribution is -2.40. The molecule has 2 rings (SSSR count). The average molecular weight is 247 g/mol. The molecule has 0 spiro atoms. The highest BCUT2D eigenvalue weighted by molar-refractivity contribution is 5.80. The first-order valence-electron chi connectivity index (χ1n) is 6.44. The molecule has 0 bridgehead atoms. The molecule has 2 atom stereocenters. The molecule has 0 aromatic heterocycles. The molecule has 0 heterocycles. The second-order valence-corrected chi connectivity index (χ2v) is 4.62. The maximum Gasteiger partial charge on any atom is 0.191 e. The predicted octanol–water partition coefficient (Wildman–Crippen LogP) is 1.64. The second kappa shape index (κ2) is 6.28. The zero-order valence-electron chi connectivity index (χ0n) is 11.0. The standard InChI is InChI=1S/C14H21N3O/c1-11-10-13(11)17-14(15-2)16-8-9-18-12-6-4-3-5-7-12/h3-7,11,13H,8-10H2,1-2H3,(H2,15,16,17). The molecule has 4 heteroatoms. The molecule has 18 heavy (non-hydrogen) atoms. The summed E-state index contributed by atoms with van der Waals surface area (Å²) in [5, 5.41) is 6.62. The largest absolute Gasteiger partial charge is 0.492 e.